The minimum atomic E-state index is -0.575. The zero-order valence-corrected chi connectivity index (χ0v) is 11.2. The topological polar surface area (TPSA) is 32.3 Å². The van der Waals surface area contributed by atoms with Crippen molar-refractivity contribution in [1.29, 1.82) is 0 Å². The third kappa shape index (κ3) is 5.02. The monoisotopic (exact) mass is 259 g/mol. The number of hydrogen-bond acceptors (Lipinski definition) is 2. The maximum absolute atomic E-state index is 13.2. The van der Waals surface area contributed by atoms with Crippen LogP contribution in [0, 0.1) is 5.82 Å². The number of nitrogens with one attached hydrogen (secondary N) is 1. The van der Waals surface area contributed by atoms with Gasteiger partial charge in [-0.05, 0) is 32.4 Å². The van der Waals surface area contributed by atoms with Gasteiger partial charge in [0.2, 0.25) is 0 Å². The second-order valence-electron chi connectivity index (χ2n) is 5.20. The van der Waals surface area contributed by atoms with E-state index < -0.39 is 11.9 Å². The molecule has 0 spiro atoms. The molecule has 0 heterocycles. The van der Waals surface area contributed by atoms with Gasteiger partial charge < -0.3 is 10.4 Å². The molecule has 0 aliphatic rings. The highest BCUT2D eigenvalue weighted by Crippen LogP contribution is 2.20. The van der Waals surface area contributed by atoms with Crippen molar-refractivity contribution in [1.82, 2.24) is 5.32 Å². The summed E-state index contributed by atoms with van der Waals surface area (Å²) in [5.74, 6) is -0.444. The van der Waals surface area contributed by atoms with Gasteiger partial charge in [-0.25, -0.2) is 4.39 Å². The average Bonchev–Trinajstić information content (AvgIpc) is 2.21. The second kappa shape index (κ2) is 5.80. The summed E-state index contributed by atoms with van der Waals surface area (Å²) in [4.78, 5) is 0. The molecule has 96 valence electrons. The molecule has 1 atom stereocenters. The van der Waals surface area contributed by atoms with Crippen LogP contribution in [0.25, 0.3) is 0 Å². The van der Waals surface area contributed by atoms with Crippen LogP contribution < -0.4 is 5.32 Å². The first kappa shape index (κ1) is 14.4. The van der Waals surface area contributed by atoms with Gasteiger partial charge in [0.1, 0.15) is 5.82 Å². The Balaban J connectivity index is 2.56. The summed E-state index contributed by atoms with van der Waals surface area (Å²) in [5.41, 5.74) is 0.585. The fraction of sp³-hybridized carbons (Fsp3) is 0.538. The molecule has 0 aliphatic carbocycles. The van der Waals surface area contributed by atoms with Gasteiger partial charge >= 0.3 is 0 Å². The quantitative estimate of drug-likeness (QED) is 0.872. The van der Waals surface area contributed by atoms with Crippen molar-refractivity contribution in [2.24, 2.45) is 0 Å². The Labute approximate surface area is 107 Å². The lowest BCUT2D eigenvalue weighted by atomic mass is 10.1. The first-order chi connectivity index (χ1) is 7.79. The number of benzene rings is 1. The first-order valence-electron chi connectivity index (χ1n) is 5.65. The van der Waals surface area contributed by atoms with Gasteiger partial charge in [0, 0.05) is 18.5 Å². The van der Waals surface area contributed by atoms with Crippen LogP contribution >= 0.6 is 11.6 Å². The molecule has 1 rings (SSSR count). The van der Waals surface area contributed by atoms with Crippen LogP contribution in [-0.2, 0) is 6.42 Å². The van der Waals surface area contributed by atoms with Gasteiger partial charge in [-0.1, -0.05) is 23.7 Å². The molecule has 0 bridgehead atoms. The van der Waals surface area contributed by atoms with E-state index in [0.717, 1.165) is 0 Å². The van der Waals surface area contributed by atoms with Gasteiger partial charge in [-0.15, -0.1) is 0 Å². The Morgan fingerprint density at radius 1 is 1.41 bits per heavy atom. The third-order valence-electron chi connectivity index (χ3n) is 2.36. The van der Waals surface area contributed by atoms with Gasteiger partial charge in [0.15, 0.2) is 0 Å². The van der Waals surface area contributed by atoms with E-state index in [-0.39, 0.29) is 10.6 Å². The van der Waals surface area contributed by atoms with Crippen molar-refractivity contribution < 1.29 is 9.50 Å². The van der Waals surface area contributed by atoms with Crippen LogP contribution in [0.15, 0.2) is 18.2 Å². The van der Waals surface area contributed by atoms with Gasteiger partial charge in [-0.2, -0.15) is 0 Å². The molecule has 0 fully saturated rings. The summed E-state index contributed by atoms with van der Waals surface area (Å²) in [6.07, 6.45) is -0.229. The smallest absolute Gasteiger partial charge is 0.142 e. The normalized spacial score (nSPS) is 13.8. The molecule has 17 heavy (non-hydrogen) atoms. The fourth-order valence-electron chi connectivity index (χ4n) is 1.46. The highest BCUT2D eigenvalue weighted by Gasteiger charge is 2.14. The van der Waals surface area contributed by atoms with E-state index >= 15 is 0 Å². The molecule has 0 aromatic heterocycles. The summed E-state index contributed by atoms with van der Waals surface area (Å²) in [6, 6.07) is 4.64. The fourth-order valence-corrected chi connectivity index (χ4v) is 1.66. The van der Waals surface area contributed by atoms with Crippen molar-refractivity contribution >= 4 is 11.6 Å². The highest BCUT2D eigenvalue weighted by atomic mass is 35.5. The molecule has 0 aliphatic heterocycles. The largest absolute Gasteiger partial charge is 0.391 e. The predicted octanol–water partition coefficient (Wildman–Crippen LogP) is 2.77. The van der Waals surface area contributed by atoms with E-state index in [4.69, 9.17) is 11.6 Å². The predicted molar refractivity (Wildman–Crippen MR) is 68.9 cm³/mol. The number of aliphatic hydroxyl groups excluding tert-OH is 1. The molecule has 2 nitrogen and oxygen atoms in total. The lowest BCUT2D eigenvalue weighted by molar-refractivity contribution is 0.161. The Hall–Kier alpha value is -0.640. The maximum Gasteiger partial charge on any atom is 0.142 e. The Morgan fingerprint density at radius 3 is 2.65 bits per heavy atom. The second-order valence-corrected chi connectivity index (χ2v) is 5.58. The summed E-state index contributed by atoms with van der Waals surface area (Å²) >= 11 is 5.82. The van der Waals surface area contributed by atoms with E-state index in [2.05, 4.69) is 5.32 Å². The highest BCUT2D eigenvalue weighted by molar-refractivity contribution is 6.31. The summed E-state index contributed by atoms with van der Waals surface area (Å²) in [5, 5.41) is 13.1. The molecular formula is C13H19ClFNO. The van der Waals surface area contributed by atoms with Crippen molar-refractivity contribution in [2.75, 3.05) is 6.54 Å². The summed E-state index contributed by atoms with van der Waals surface area (Å²) < 4.78 is 13.2. The zero-order chi connectivity index (χ0) is 13.1. The molecule has 0 saturated carbocycles. The molecule has 1 aromatic rings. The average molecular weight is 260 g/mol. The third-order valence-corrected chi connectivity index (χ3v) is 2.78. The number of halogens is 2. The van der Waals surface area contributed by atoms with Crippen molar-refractivity contribution in [3.8, 4) is 0 Å². The summed E-state index contributed by atoms with van der Waals surface area (Å²) in [7, 11) is 0. The van der Waals surface area contributed by atoms with Crippen LogP contribution in [0.2, 0.25) is 5.02 Å². The standard InChI is InChI=1S/C13H19ClFNO/c1-13(2,3)16-8-10(17)7-9-5-4-6-11(15)12(9)14/h4-6,10,16-17H,7-8H2,1-3H3. The van der Waals surface area contributed by atoms with Crippen LogP contribution in [0.3, 0.4) is 0 Å². The molecule has 1 aromatic carbocycles. The Bertz CT molecular complexity index is 376. The zero-order valence-electron chi connectivity index (χ0n) is 10.4. The minimum absolute atomic E-state index is 0.0489. The Morgan fingerprint density at radius 2 is 2.06 bits per heavy atom. The minimum Gasteiger partial charge on any atom is -0.391 e. The lowest BCUT2D eigenvalue weighted by Gasteiger charge is -2.23. The van der Waals surface area contributed by atoms with E-state index in [1.165, 1.54) is 6.07 Å². The molecule has 0 saturated heterocycles. The molecule has 4 heteroatoms. The van der Waals surface area contributed by atoms with E-state index in [0.29, 0.717) is 18.5 Å². The number of aliphatic hydroxyl groups is 1. The van der Waals surface area contributed by atoms with Crippen LogP contribution in [0.5, 0.6) is 0 Å². The van der Waals surface area contributed by atoms with Crippen LogP contribution in [0.4, 0.5) is 4.39 Å². The van der Waals surface area contributed by atoms with Crippen molar-refractivity contribution in [3.63, 3.8) is 0 Å². The van der Waals surface area contributed by atoms with Gasteiger partial charge in [0.05, 0.1) is 11.1 Å². The molecule has 0 amide bonds. The van der Waals surface area contributed by atoms with Crippen LogP contribution in [0.1, 0.15) is 26.3 Å². The van der Waals surface area contributed by atoms with Gasteiger partial charge in [0.25, 0.3) is 0 Å². The number of rotatable bonds is 4. The summed E-state index contributed by atoms with van der Waals surface area (Å²) in [6.45, 7) is 6.52. The van der Waals surface area contributed by atoms with Gasteiger partial charge in [-0.3, -0.25) is 0 Å². The van der Waals surface area contributed by atoms with E-state index in [9.17, 15) is 9.50 Å². The van der Waals surface area contributed by atoms with Crippen LogP contribution in [-0.4, -0.2) is 23.3 Å². The molecule has 0 radical (unpaired) electrons. The molecule has 2 N–H and O–H groups in total. The SMILES string of the molecule is CC(C)(C)NCC(O)Cc1cccc(F)c1Cl. The molecular weight excluding hydrogens is 241 g/mol. The lowest BCUT2D eigenvalue weighted by Crippen LogP contribution is -2.41. The van der Waals surface area contributed by atoms with Crippen molar-refractivity contribution in [2.45, 2.75) is 38.8 Å². The van der Waals surface area contributed by atoms with Crippen molar-refractivity contribution in [3.05, 3.63) is 34.6 Å². The number of hydrogen-bond donors (Lipinski definition) is 2. The maximum atomic E-state index is 13.2. The van der Waals surface area contributed by atoms with E-state index in [1.54, 1.807) is 12.1 Å². The molecule has 1 unspecified atom stereocenters. The first-order valence-corrected chi connectivity index (χ1v) is 6.03. The Kier molecular flexibility index (Phi) is 4.92. The van der Waals surface area contributed by atoms with E-state index in [1.807, 2.05) is 20.8 Å². The number of β-amino-alcohol motifs (C(OH)–C–C–N with tert-alkyl or cyclic N) is 1.